The van der Waals surface area contributed by atoms with Gasteiger partial charge < -0.3 is 57.3 Å². The molecule has 15 atom stereocenters. The lowest BCUT2D eigenvalue weighted by Crippen LogP contribution is -2.51. The van der Waals surface area contributed by atoms with Crippen LogP contribution in [0.15, 0.2) is 92.2 Å². The van der Waals surface area contributed by atoms with Gasteiger partial charge in [-0.05, 0) is 75.1 Å². The number of halogens is 1. The lowest BCUT2D eigenvalue weighted by Gasteiger charge is -2.44. The van der Waals surface area contributed by atoms with Crippen molar-refractivity contribution in [2.75, 3.05) is 14.2 Å². The molecule has 0 spiro atoms. The average molecular weight is 1020 g/mol. The van der Waals surface area contributed by atoms with Crippen molar-refractivity contribution in [3.05, 3.63) is 107 Å². The number of ether oxygens (including phenoxy) is 7. The Hall–Kier alpha value is -3.81. The lowest BCUT2D eigenvalue weighted by atomic mass is 9.79. The molecule has 0 aliphatic carbocycles. The van der Waals surface area contributed by atoms with Crippen molar-refractivity contribution in [3.8, 4) is 0 Å². The SMILES string of the molecule is C=C1C[C@@H]2C[C@@H]3C[C@H](O)C[C@@H](O3)c3coc(n3)/C=C\C[C@H]3O[C@@H](/C(C)=C/c4coc(C[C@]5(O)C[C@H](OC)C[C@H]([C@H](O)/C=C(C)/C=C/[C@@H](C/C=C/Br)OC)O5)n4)[C@H](C)[C@H](OC(=O)/C=C/C[C@@H](C1)O2)[C@H]3C. The van der Waals surface area contributed by atoms with E-state index in [1.54, 1.807) is 37.6 Å². The number of esters is 1. The Morgan fingerprint density at radius 1 is 0.986 bits per heavy atom. The number of aliphatic hydroxyl groups excluding tert-OH is 2. The maximum absolute atomic E-state index is 13.6. The number of aliphatic hydroxyl groups is 3. The molecule has 7 rings (SSSR count). The molecule has 0 aromatic carbocycles. The van der Waals surface area contributed by atoms with Gasteiger partial charge in [0.15, 0.2) is 11.7 Å². The number of oxazole rings is 2. The van der Waals surface area contributed by atoms with Gasteiger partial charge in [0.25, 0.3) is 0 Å². The number of fused-ring (bicyclic) bond motifs is 9. The Balaban J connectivity index is 1.06. The fraction of sp³-hybridized carbons (Fsp3) is 0.604. The number of hydrogen-bond donors (Lipinski definition) is 3. The van der Waals surface area contributed by atoms with Gasteiger partial charge in [0.2, 0.25) is 5.89 Å². The molecule has 5 aliphatic rings. The molecule has 4 saturated heterocycles. The van der Waals surface area contributed by atoms with Gasteiger partial charge in [-0.2, -0.15) is 0 Å². The largest absolute Gasteiger partial charge is 0.458 e. The van der Waals surface area contributed by atoms with Gasteiger partial charge >= 0.3 is 5.97 Å². The van der Waals surface area contributed by atoms with Crippen molar-refractivity contribution in [3.63, 3.8) is 0 Å². The number of methoxy groups -OCH3 is 2. The van der Waals surface area contributed by atoms with E-state index in [0.29, 0.717) is 75.1 Å². The summed E-state index contributed by atoms with van der Waals surface area (Å²) < 4.78 is 55.2. The topological polar surface area (TPSA) is 194 Å². The second-order valence-corrected chi connectivity index (χ2v) is 20.0. The fourth-order valence-corrected chi connectivity index (χ4v) is 10.6. The summed E-state index contributed by atoms with van der Waals surface area (Å²) in [6, 6.07) is 0. The molecule has 7 heterocycles. The van der Waals surface area contributed by atoms with Gasteiger partial charge in [-0.3, -0.25) is 0 Å². The summed E-state index contributed by atoms with van der Waals surface area (Å²) in [6.07, 6.45) is 19.5. The van der Waals surface area contributed by atoms with Crippen LogP contribution in [-0.2, 0) is 44.4 Å². The summed E-state index contributed by atoms with van der Waals surface area (Å²) in [5.41, 5.74) is 3.86. The number of nitrogens with zero attached hydrogens (tertiary/aromatic N) is 2. The Kier molecular flexibility index (Phi) is 18.9. The van der Waals surface area contributed by atoms with Crippen LogP contribution in [0.3, 0.4) is 0 Å². The second kappa shape index (κ2) is 24.5. The molecule has 16 heteroatoms. The van der Waals surface area contributed by atoms with Crippen LogP contribution in [0.4, 0.5) is 0 Å². The third kappa shape index (κ3) is 14.6. The van der Waals surface area contributed by atoms with Gasteiger partial charge in [0.1, 0.15) is 36.1 Å². The Morgan fingerprint density at radius 2 is 1.78 bits per heavy atom. The summed E-state index contributed by atoms with van der Waals surface area (Å²) in [7, 11) is 3.22. The van der Waals surface area contributed by atoms with Gasteiger partial charge in [0.05, 0.1) is 67.5 Å². The van der Waals surface area contributed by atoms with E-state index in [4.69, 9.17) is 52.0 Å². The molecule has 2 aromatic rings. The van der Waals surface area contributed by atoms with E-state index in [9.17, 15) is 20.1 Å². The molecular formula is C53H71BrN2O13. The Labute approximate surface area is 414 Å². The summed E-state index contributed by atoms with van der Waals surface area (Å²) >= 11 is 3.28. The third-order valence-electron chi connectivity index (χ3n) is 13.9. The highest BCUT2D eigenvalue weighted by Crippen LogP contribution is 2.40. The monoisotopic (exact) mass is 1020 g/mol. The molecule has 0 radical (unpaired) electrons. The first-order valence-corrected chi connectivity index (χ1v) is 25.2. The quantitative estimate of drug-likeness (QED) is 0.104. The summed E-state index contributed by atoms with van der Waals surface area (Å²) in [4.78, 5) is 24.8. The zero-order valence-corrected chi connectivity index (χ0v) is 42.3. The zero-order chi connectivity index (χ0) is 49.2. The van der Waals surface area contributed by atoms with Crippen LogP contribution in [0.1, 0.15) is 121 Å². The Morgan fingerprint density at radius 3 is 2.57 bits per heavy atom. The van der Waals surface area contributed by atoms with Crippen LogP contribution in [0.5, 0.6) is 0 Å². The number of hydrogen-bond acceptors (Lipinski definition) is 15. The molecule has 2 aromatic heterocycles. The van der Waals surface area contributed by atoms with Crippen molar-refractivity contribution in [2.45, 2.75) is 177 Å². The predicted octanol–water partition coefficient (Wildman–Crippen LogP) is 8.76. The van der Waals surface area contributed by atoms with Gasteiger partial charge in [-0.1, -0.05) is 84.0 Å². The highest BCUT2D eigenvalue weighted by Gasteiger charge is 2.45. The summed E-state index contributed by atoms with van der Waals surface area (Å²) in [5, 5.41) is 33.9. The number of carbonyl (C=O) groups is 1. The normalized spacial score (nSPS) is 36.1. The first-order chi connectivity index (χ1) is 33.1. The van der Waals surface area contributed by atoms with Crippen LogP contribution in [0.2, 0.25) is 0 Å². The molecular weight excluding hydrogens is 952 g/mol. The van der Waals surface area contributed by atoms with Gasteiger partial charge in [0, 0.05) is 57.8 Å². The molecule has 0 amide bonds. The van der Waals surface area contributed by atoms with Gasteiger partial charge in [-0.25, -0.2) is 14.8 Å². The molecule has 0 unspecified atom stereocenters. The van der Waals surface area contributed by atoms with Crippen LogP contribution < -0.4 is 0 Å². The van der Waals surface area contributed by atoms with Crippen molar-refractivity contribution < 1.29 is 62.1 Å². The van der Waals surface area contributed by atoms with Crippen LogP contribution in [0, 0.1) is 11.8 Å². The number of carbonyl (C=O) groups excluding carboxylic acids is 1. The first-order valence-electron chi connectivity index (χ1n) is 24.3. The van der Waals surface area contributed by atoms with E-state index in [-0.39, 0.29) is 67.2 Å². The average Bonchev–Trinajstić information content (AvgIpc) is 3.96. The van der Waals surface area contributed by atoms with Crippen molar-refractivity contribution in [2.24, 2.45) is 11.8 Å². The molecule has 0 saturated carbocycles. The van der Waals surface area contributed by atoms with Crippen LogP contribution in [0.25, 0.3) is 12.2 Å². The molecule has 378 valence electrons. The number of allylic oxidation sites excluding steroid dienone is 2. The summed E-state index contributed by atoms with van der Waals surface area (Å²) in [6.45, 7) is 12.2. The minimum Gasteiger partial charge on any atom is -0.458 e. The highest BCUT2D eigenvalue weighted by atomic mass is 79.9. The first kappa shape index (κ1) is 53.0. The van der Waals surface area contributed by atoms with E-state index in [2.05, 4.69) is 22.5 Å². The standard InChI is InChI=1S/C53H71BrN2O13/c1-31(16-17-38(61-6)12-10-18-54)21-44(58)47-26-42(62-7)27-53(60,69-47)28-49-55-36(29-63-49)22-33(3)51-35(5)52-34(4)45(67-51)13-9-14-48-56-43(30-64-48)46-24-37(57)23-41(66-46)25-40-20-32(2)19-39(65-40)11-8-15-50(59)68-52/h8-10,14-18,21-22,29-30,34-35,37-42,44-47,51-52,57-58,60H,2,11-13,19-20,23-28H2,1,3-7H3/b14-9-,15-8+,17-16+,18-10+,31-21+,33-22+/t34-,35-,37-,38+,39-,40+,41-,42+,44+,45+,46+,47+,51-,52+,53-/m0/s1. The molecule has 15 nitrogen and oxygen atoms in total. The summed E-state index contributed by atoms with van der Waals surface area (Å²) in [5.74, 6) is -1.95. The van der Waals surface area contributed by atoms with E-state index in [1.165, 1.54) is 12.3 Å². The predicted molar refractivity (Wildman–Crippen MR) is 261 cm³/mol. The zero-order valence-electron chi connectivity index (χ0n) is 40.7. The van der Waals surface area contributed by atoms with E-state index < -0.39 is 48.4 Å². The van der Waals surface area contributed by atoms with Crippen molar-refractivity contribution in [1.82, 2.24) is 9.97 Å². The van der Waals surface area contributed by atoms with Gasteiger partial charge in [-0.15, -0.1) is 0 Å². The van der Waals surface area contributed by atoms with E-state index in [0.717, 1.165) is 16.7 Å². The minimum absolute atomic E-state index is 0.0830. The molecule has 8 bridgehead atoms. The van der Waals surface area contributed by atoms with Crippen molar-refractivity contribution in [1.29, 1.82) is 0 Å². The third-order valence-corrected chi connectivity index (χ3v) is 14.2. The second-order valence-electron chi connectivity index (χ2n) is 19.5. The smallest absolute Gasteiger partial charge is 0.330 e. The molecule has 4 fully saturated rings. The highest BCUT2D eigenvalue weighted by molar-refractivity contribution is 9.11. The van der Waals surface area contributed by atoms with Crippen molar-refractivity contribution >= 4 is 34.1 Å². The maximum Gasteiger partial charge on any atom is 0.330 e. The molecule has 69 heavy (non-hydrogen) atoms. The van der Waals surface area contributed by atoms with Crippen LogP contribution in [-0.4, -0.2) is 118 Å². The molecule has 5 aliphatic heterocycles. The fourth-order valence-electron chi connectivity index (χ4n) is 10.4. The lowest BCUT2D eigenvalue weighted by molar-refractivity contribution is -0.286. The number of aromatic nitrogens is 2. The molecule has 3 N–H and O–H groups in total. The number of rotatable bonds is 12. The maximum atomic E-state index is 13.6. The van der Waals surface area contributed by atoms with E-state index in [1.807, 2.05) is 64.2 Å². The van der Waals surface area contributed by atoms with E-state index >= 15 is 0 Å². The minimum atomic E-state index is -1.73. The Bertz CT molecular complexity index is 2210. The van der Waals surface area contributed by atoms with Crippen LogP contribution >= 0.6 is 15.9 Å².